The van der Waals surface area contributed by atoms with E-state index in [1.54, 1.807) is 4.90 Å². The van der Waals surface area contributed by atoms with Gasteiger partial charge in [0.1, 0.15) is 4.21 Å². The number of hydrogen-bond acceptors (Lipinski definition) is 6. The molecule has 0 bridgehead atoms. The van der Waals surface area contributed by atoms with Crippen LogP contribution in [0, 0.1) is 0 Å². The van der Waals surface area contributed by atoms with Gasteiger partial charge in [-0.05, 0) is 25.0 Å². The third-order valence-corrected chi connectivity index (χ3v) is 8.94. The van der Waals surface area contributed by atoms with Gasteiger partial charge in [0, 0.05) is 26.2 Å². The van der Waals surface area contributed by atoms with Gasteiger partial charge in [-0.15, -0.1) is 11.3 Å². The van der Waals surface area contributed by atoms with Gasteiger partial charge in [0.05, 0.1) is 24.6 Å². The highest BCUT2D eigenvalue weighted by atomic mass is 32.2. The van der Waals surface area contributed by atoms with Crippen LogP contribution < -0.4 is 5.32 Å². The normalized spacial score (nSPS) is 19.3. The zero-order valence-corrected chi connectivity index (χ0v) is 19.1. The third-order valence-electron chi connectivity index (χ3n) is 5.59. The smallest absolute Gasteiger partial charge is 0.264 e. The molecule has 1 aromatic rings. The van der Waals surface area contributed by atoms with Crippen molar-refractivity contribution in [2.24, 2.45) is 0 Å². The first-order valence-corrected chi connectivity index (χ1v) is 12.9. The van der Waals surface area contributed by atoms with E-state index in [9.17, 15) is 18.0 Å². The minimum atomic E-state index is -3.84. The van der Waals surface area contributed by atoms with Crippen LogP contribution in [0.5, 0.6) is 0 Å². The predicted molar refractivity (Wildman–Crippen MR) is 115 cm³/mol. The summed E-state index contributed by atoms with van der Waals surface area (Å²) in [5, 5.41) is 2.99. The monoisotopic (exact) mass is 457 g/mol. The Labute approximate surface area is 182 Å². The summed E-state index contributed by atoms with van der Waals surface area (Å²) in [5.74, 6) is -0.470. The number of amides is 2. The number of rotatable bonds is 6. The molecule has 1 aromatic heterocycles. The second kappa shape index (κ2) is 10.7. The maximum absolute atomic E-state index is 12.9. The van der Waals surface area contributed by atoms with Crippen molar-refractivity contribution in [2.75, 3.05) is 39.9 Å². The van der Waals surface area contributed by atoms with E-state index in [4.69, 9.17) is 4.74 Å². The van der Waals surface area contributed by atoms with Crippen molar-refractivity contribution in [1.82, 2.24) is 14.5 Å². The summed E-state index contributed by atoms with van der Waals surface area (Å²) in [6.45, 7) is 1.74. The van der Waals surface area contributed by atoms with Crippen molar-refractivity contribution >= 4 is 33.2 Å². The van der Waals surface area contributed by atoms with Crippen LogP contribution in [0.4, 0.5) is 0 Å². The summed E-state index contributed by atoms with van der Waals surface area (Å²) in [6, 6.07) is 3.10. The molecule has 1 aliphatic carbocycles. The minimum absolute atomic E-state index is 0.0698. The first-order chi connectivity index (χ1) is 14.4. The number of nitrogens with zero attached hydrogens (tertiary/aromatic N) is 2. The number of sulfonamides is 1. The second-order valence-electron chi connectivity index (χ2n) is 7.89. The molecule has 0 unspecified atom stereocenters. The van der Waals surface area contributed by atoms with Gasteiger partial charge >= 0.3 is 0 Å². The van der Waals surface area contributed by atoms with Gasteiger partial charge in [0.25, 0.3) is 15.9 Å². The molecule has 3 rings (SSSR count). The molecule has 0 spiro atoms. The van der Waals surface area contributed by atoms with Gasteiger partial charge in [0.15, 0.2) is 0 Å². The van der Waals surface area contributed by atoms with Crippen LogP contribution in [0.25, 0.3) is 0 Å². The van der Waals surface area contributed by atoms with Crippen LogP contribution in [0.15, 0.2) is 16.3 Å². The quantitative estimate of drug-likeness (QED) is 0.706. The number of likely N-dealkylation sites (N-methyl/N-ethyl adjacent to an activating group) is 1. The molecule has 2 fully saturated rings. The summed E-state index contributed by atoms with van der Waals surface area (Å²) in [5.41, 5.74) is 0. The number of nitrogens with one attached hydrogen (secondary N) is 1. The minimum Gasteiger partial charge on any atom is -0.378 e. The number of ether oxygens (including phenoxy) is 1. The molecule has 0 radical (unpaired) electrons. The van der Waals surface area contributed by atoms with Gasteiger partial charge < -0.3 is 15.0 Å². The maximum Gasteiger partial charge on any atom is 0.264 e. The summed E-state index contributed by atoms with van der Waals surface area (Å²) in [7, 11) is -2.44. The zero-order chi connectivity index (χ0) is 21.6. The summed E-state index contributed by atoms with van der Waals surface area (Å²) in [6.07, 6.45) is 7.69. The second-order valence-corrected chi connectivity index (χ2v) is 11.2. The Hall–Kier alpha value is -1.49. The lowest BCUT2D eigenvalue weighted by molar-refractivity contribution is -0.122. The lowest BCUT2D eigenvalue weighted by Crippen LogP contribution is -2.42. The van der Waals surface area contributed by atoms with Crippen LogP contribution in [0.2, 0.25) is 0 Å². The molecule has 8 nitrogen and oxygen atoms in total. The number of hydrogen-bond donors (Lipinski definition) is 1. The highest BCUT2D eigenvalue weighted by Crippen LogP contribution is 2.26. The Kier molecular flexibility index (Phi) is 8.27. The molecule has 10 heteroatoms. The number of thiophene rings is 1. The molecule has 168 valence electrons. The van der Waals surface area contributed by atoms with Crippen molar-refractivity contribution in [3.8, 4) is 0 Å². The molecular formula is C20H31N3O5S2. The van der Waals surface area contributed by atoms with Crippen molar-refractivity contribution in [1.29, 1.82) is 0 Å². The van der Waals surface area contributed by atoms with Crippen LogP contribution in [-0.2, 0) is 19.6 Å². The fraction of sp³-hybridized carbons (Fsp3) is 0.700. The Morgan fingerprint density at radius 1 is 1.13 bits per heavy atom. The van der Waals surface area contributed by atoms with Gasteiger partial charge in [-0.1, -0.05) is 32.1 Å². The van der Waals surface area contributed by atoms with Crippen molar-refractivity contribution in [3.05, 3.63) is 17.0 Å². The summed E-state index contributed by atoms with van der Waals surface area (Å²) < 4.78 is 32.1. The third kappa shape index (κ3) is 6.03. The number of morpholine rings is 1. The van der Waals surface area contributed by atoms with E-state index in [0.717, 1.165) is 41.3 Å². The highest BCUT2D eigenvalue weighted by molar-refractivity contribution is 7.91. The van der Waals surface area contributed by atoms with Crippen LogP contribution in [0.3, 0.4) is 0 Å². The first kappa shape index (κ1) is 23.2. The average Bonchev–Trinajstić information content (AvgIpc) is 3.21. The van der Waals surface area contributed by atoms with E-state index in [2.05, 4.69) is 5.32 Å². The Morgan fingerprint density at radius 3 is 2.43 bits per heavy atom. The SMILES string of the molecule is CN(CC(=O)NC1CCCCCCC1)S(=O)(=O)c1ccc(C(=O)N2CCOCC2)s1. The van der Waals surface area contributed by atoms with Crippen molar-refractivity contribution in [2.45, 2.75) is 55.2 Å². The molecule has 0 aromatic carbocycles. The lowest BCUT2D eigenvalue weighted by atomic mass is 9.97. The van der Waals surface area contributed by atoms with Crippen LogP contribution in [0.1, 0.15) is 54.6 Å². The molecule has 30 heavy (non-hydrogen) atoms. The van der Waals surface area contributed by atoms with Crippen molar-refractivity contribution < 1.29 is 22.7 Å². The van der Waals surface area contributed by atoms with Crippen molar-refractivity contribution in [3.63, 3.8) is 0 Å². The highest BCUT2D eigenvalue weighted by Gasteiger charge is 2.28. The van der Waals surface area contributed by atoms with Gasteiger partial charge in [0.2, 0.25) is 5.91 Å². The molecule has 0 atom stereocenters. The van der Waals surface area contributed by atoms with E-state index in [1.807, 2.05) is 0 Å². The molecule has 1 saturated carbocycles. The molecule has 2 amide bonds. The summed E-state index contributed by atoms with van der Waals surface area (Å²) in [4.78, 5) is 27.0. The zero-order valence-electron chi connectivity index (χ0n) is 17.5. The topological polar surface area (TPSA) is 96.0 Å². The summed E-state index contributed by atoms with van der Waals surface area (Å²) >= 11 is 0.944. The Balaban J connectivity index is 1.58. The predicted octanol–water partition coefficient (Wildman–Crippen LogP) is 2.07. The van der Waals surface area contributed by atoms with E-state index in [-0.39, 0.29) is 28.6 Å². The molecule has 1 saturated heterocycles. The largest absolute Gasteiger partial charge is 0.378 e. The van der Waals surface area contributed by atoms with Gasteiger partial charge in [-0.3, -0.25) is 9.59 Å². The standard InChI is InChI=1S/C20H31N3O5S2/c1-22(15-18(24)21-16-7-5-3-2-4-6-8-16)30(26,27)19-10-9-17(29-19)20(25)23-11-13-28-14-12-23/h9-10,16H,2-8,11-15H2,1H3,(H,21,24). The Bertz CT molecular complexity index is 825. The van der Waals surface area contributed by atoms with Crippen LogP contribution >= 0.6 is 11.3 Å². The van der Waals surface area contributed by atoms with E-state index >= 15 is 0 Å². The fourth-order valence-corrected chi connectivity index (χ4v) is 6.42. The molecule has 2 aliphatic rings. The molecule has 1 N–H and O–H groups in total. The molecular weight excluding hydrogens is 426 g/mol. The number of carbonyl (C=O) groups is 2. The number of carbonyl (C=O) groups excluding carboxylic acids is 2. The van der Waals surface area contributed by atoms with E-state index in [1.165, 1.54) is 38.4 Å². The molecule has 1 aliphatic heterocycles. The fourth-order valence-electron chi connectivity index (χ4n) is 3.81. The maximum atomic E-state index is 12.9. The van der Waals surface area contributed by atoms with E-state index in [0.29, 0.717) is 31.2 Å². The van der Waals surface area contributed by atoms with Gasteiger partial charge in [-0.2, -0.15) is 4.31 Å². The lowest BCUT2D eigenvalue weighted by Gasteiger charge is -2.26. The first-order valence-electron chi connectivity index (χ1n) is 10.6. The van der Waals surface area contributed by atoms with E-state index < -0.39 is 10.0 Å². The Morgan fingerprint density at radius 2 is 1.77 bits per heavy atom. The van der Waals surface area contributed by atoms with Crippen LogP contribution in [-0.4, -0.2) is 75.4 Å². The average molecular weight is 458 g/mol. The van der Waals surface area contributed by atoms with Gasteiger partial charge in [-0.25, -0.2) is 8.42 Å². The molecule has 2 heterocycles.